The van der Waals surface area contributed by atoms with Gasteiger partial charge in [-0.3, -0.25) is 9.59 Å². The van der Waals surface area contributed by atoms with E-state index in [1.807, 2.05) is 6.92 Å². The van der Waals surface area contributed by atoms with Crippen LogP contribution in [0.1, 0.15) is 24.9 Å². The predicted octanol–water partition coefficient (Wildman–Crippen LogP) is 1.12. The maximum absolute atomic E-state index is 12.8. The molecule has 0 bridgehead atoms. The van der Waals surface area contributed by atoms with Crippen molar-refractivity contribution in [3.8, 4) is 0 Å². The summed E-state index contributed by atoms with van der Waals surface area (Å²) < 4.78 is 12.8. The van der Waals surface area contributed by atoms with Gasteiger partial charge in [0, 0.05) is 5.92 Å². The highest BCUT2D eigenvalue weighted by Gasteiger charge is 2.40. The van der Waals surface area contributed by atoms with E-state index in [9.17, 15) is 14.0 Å². The van der Waals surface area contributed by atoms with E-state index in [0.717, 1.165) is 6.42 Å². The molecule has 0 aromatic heterocycles. The van der Waals surface area contributed by atoms with Gasteiger partial charge >= 0.3 is 0 Å². The van der Waals surface area contributed by atoms with Crippen LogP contribution in [0.15, 0.2) is 24.3 Å². The number of carbonyl (C=O) groups is 2. The largest absolute Gasteiger partial charge is 0.368 e. The van der Waals surface area contributed by atoms with Crippen molar-refractivity contribution in [2.75, 3.05) is 0 Å². The van der Waals surface area contributed by atoms with Gasteiger partial charge in [0.05, 0.1) is 0 Å². The molecule has 0 spiro atoms. The first-order chi connectivity index (χ1) is 8.49. The molecule has 2 amide bonds. The maximum atomic E-state index is 12.8. The number of hydrogen-bond acceptors (Lipinski definition) is 2. The van der Waals surface area contributed by atoms with Crippen molar-refractivity contribution in [1.29, 1.82) is 0 Å². The van der Waals surface area contributed by atoms with E-state index in [2.05, 4.69) is 5.32 Å². The summed E-state index contributed by atoms with van der Waals surface area (Å²) in [6.45, 7) is 1.97. The van der Waals surface area contributed by atoms with Crippen molar-refractivity contribution in [3.63, 3.8) is 0 Å². The number of hydrogen-bond donors (Lipinski definition) is 2. The zero-order valence-corrected chi connectivity index (χ0v) is 10.0. The van der Waals surface area contributed by atoms with Crippen LogP contribution in [-0.4, -0.2) is 11.8 Å². The van der Waals surface area contributed by atoms with E-state index in [0.29, 0.717) is 11.5 Å². The molecular weight excluding hydrogens is 235 g/mol. The molecule has 1 fully saturated rings. The minimum Gasteiger partial charge on any atom is -0.368 e. The van der Waals surface area contributed by atoms with Gasteiger partial charge in [-0.15, -0.1) is 0 Å². The Balaban J connectivity index is 2.11. The Morgan fingerprint density at radius 1 is 1.39 bits per heavy atom. The van der Waals surface area contributed by atoms with Crippen molar-refractivity contribution in [2.45, 2.75) is 19.4 Å². The second-order valence-corrected chi connectivity index (χ2v) is 4.72. The third kappa shape index (κ3) is 2.67. The molecule has 0 unspecified atom stereocenters. The molecule has 0 radical (unpaired) electrons. The molecule has 0 aliphatic heterocycles. The van der Waals surface area contributed by atoms with Gasteiger partial charge in [0.2, 0.25) is 11.8 Å². The smallest absolute Gasteiger partial charge is 0.244 e. The lowest BCUT2D eigenvalue weighted by atomic mass is 10.1. The fourth-order valence-electron chi connectivity index (χ4n) is 1.91. The summed E-state index contributed by atoms with van der Waals surface area (Å²) in [6, 6.07) is 4.46. The van der Waals surface area contributed by atoms with Crippen LogP contribution in [0.25, 0.3) is 0 Å². The quantitative estimate of drug-likeness (QED) is 0.840. The Bertz CT molecular complexity index is 472. The highest BCUT2D eigenvalue weighted by Crippen LogP contribution is 2.38. The number of primary amides is 1. The topological polar surface area (TPSA) is 72.2 Å². The van der Waals surface area contributed by atoms with Crippen molar-refractivity contribution >= 4 is 11.8 Å². The van der Waals surface area contributed by atoms with Gasteiger partial charge in [-0.1, -0.05) is 19.1 Å². The minimum absolute atomic E-state index is 0.0349. The minimum atomic E-state index is -0.897. The van der Waals surface area contributed by atoms with E-state index in [-0.39, 0.29) is 11.8 Å². The van der Waals surface area contributed by atoms with Crippen LogP contribution >= 0.6 is 0 Å². The Morgan fingerprint density at radius 3 is 2.39 bits per heavy atom. The highest BCUT2D eigenvalue weighted by atomic mass is 19.1. The van der Waals surface area contributed by atoms with Crippen LogP contribution in [0.4, 0.5) is 4.39 Å². The van der Waals surface area contributed by atoms with Crippen LogP contribution in [0, 0.1) is 17.7 Å². The molecular formula is C13H15FN2O2. The molecule has 0 saturated heterocycles. The first kappa shape index (κ1) is 12.5. The van der Waals surface area contributed by atoms with Crippen molar-refractivity contribution < 1.29 is 14.0 Å². The normalized spacial score (nSPS) is 23.2. The Hall–Kier alpha value is -1.91. The SMILES string of the molecule is C[C@@H]1C[C@@H]1C(=O)N[C@@H](C(N)=O)c1ccc(F)cc1. The third-order valence-corrected chi connectivity index (χ3v) is 3.22. The Kier molecular flexibility index (Phi) is 3.32. The predicted molar refractivity (Wildman–Crippen MR) is 63.7 cm³/mol. The number of amides is 2. The van der Waals surface area contributed by atoms with E-state index >= 15 is 0 Å². The third-order valence-electron chi connectivity index (χ3n) is 3.22. The Morgan fingerprint density at radius 2 is 1.94 bits per heavy atom. The van der Waals surface area contributed by atoms with Crippen LogP contribution < -0.4 is 11.1 Å². The summed E-state index contributed by atoms with van der Waals surface area (Å²) >= 11 is 0. The molecule has 3 atom stereocenters. The van der Waals surface area contributed by atoms with E-state index in [4.69, 9.17) is 5.73 Å². The zero-order valence-electron chi connectivity index (χ0n) is 10.0. The molecule has 1 aromatic carbocycles. The molecule has 1 aliphatic carbocycles. The van der Waals surface area contributed by atoms with Gasteiger partial charge in [0.15, 0.2) is 0 Å². The monoisotopic (exact) mass is 250 g/mol. The lowest BCUT2D eigenvalue weighted by Gasteiger charge is -2.15. The fraction of sp³-hybridized carbons (Fsp3) is 0.385. The second kappa shape index (κ2) is 4.76. The Labute approximate surface area is 104 Å². The lowest BCUT2D eigenvalue weighted by Crippen LogP contribution is -2.38. The lowest BCUT2D eigenvalue weighted by molar-refractivity contribution is -0.128. The van der Waals surface area contributed by atoms with Gasteiger partial charge in [-0.05, 0) is 30.0 Å². The van der Waals surface area contributed by atoms with Crippen LogP contribution in [0.5, 0.6) is 0 Å². The highest BCUT2D eigenvalue weighted by molar-refractivity contribution is 5.89. The molecule has 2 rings (SSSR count). The summed E-state index contributed by atoms with van der Waals surface area (Å²) in [5, 5.41) is 2.61. The van der Waals surface area contributed by atoms with E-state index < -0.39 is 17.8 Å². The summed E-state index contributed by atoms with van der Waals surface area (Å²) in [4.78, 5) is 23.1. The molecule has 96 valence electrons. The van der Waals surface area contributed by atoms with Crippen LogP contribution in [0.2, 0.25) is 0 Å². The molecule has 5 heteroatoms. The summed E-state index contributed by atoms with van der Waals surface area (Å²) in [6.07, 6.45) is 0.834. The van der Waals surface area contributed by atoms with Gasteiger partial charge < -0.3 is 11.1 Å². The fourth-order valence-corrected chi connectivity index (χ4v) is 1.91. The molecule has 18 heavy (non-hydrogen) atoms. The number of rotatable bonds is 4. The second-order valence-electron chi connectivity index (χ2n) is 4.72. The van der Waals surface area contributed by atoms with Crippen molar-refractivity contribution in [2.24, 2.45) is 17.6 Å². The number of nitrogens with one attached hydrogen (secondary N) is 1. The number of halogens is 1. The summed E-state index contributed by atoms with van der Waals surface area (Å²) in [5.41, 5.74) is 5.75. The first-order valence-electron chi connectivity index (χ1n) is 5.84. The molecule has 3 N–H and O–H groups in total. The molecule has 0 heterocycles. The van der Waals surface area contributed by atoms with Gasteiger partial charge in [0.1, 0.15) is 11.9 Å². The zero-order chi connectivity index (χ0) is 13.3. The summed E-state index contributed by atoms with van der Waals surface area (Å²) in [7, 11) is 0. The maximum Gasteiger partial charge on any atom is 0.244 e. The first-order valence-corrected chi connectivity index (χ1v) is 5.84. The molecule has 1 aliphatic rings. The standard InChI is InChI=1S/C13H15FN2O2/c1-7-6-10(7)13(18)16-11(12(15)17)8-2-4-9(14)5-3-8/h2-5,7,10-11H,6H2,1H3,(H2,15,17)(H,16,18)/t7-,10+,11-/m1/s1. The van der Waals surface area contributed by atoms with Crippen LogP contribution in [-0.2, 0) is 9.59 Å². The molecule has 4 nitrogen and oxygen atoms in total. The van der Waals surface area contributed by atoms with Crippen LogP contribution in [0.3, 0.4) is 0 Å². The van der Waals surface area contributed by atoms with Crippen molar-refractivity contribution in [1.82, 2.24) is 5.32 Å². The van der Waals surface area contributed by atoms with E-state index in [1.54, 1.807) is 0 Å². The van der Waals surface area contributed by atoms with Gasteiger partial charge in [-0.2, -0.15) is 0 Å². The van der Waals surface area contributed by atoms with Crippen molar-refractivity contribution in [3.05, 3.63) is 35.6 Å². The molecule has 1 saturated carbocycles. The van der Waals surface area contributed by atoms with Gasteiger partial charge in [0.25, 0.3) is 0 Å². The average molecular weight is 250 g/mol. The molecule has 1 aromatic rings. The number of carbonyl (C=O) groups excluding carboxylic acids is 2. The van der Waals surface area contributed by atoms with E-state index in [1.165, 1.54) is 24.3 Å². The number of nitrogens with two attached hydrogens (primary N) is 1. The summed E-state index contributed by atoms with van der Waals surface area (Å²) in [5.74, 6) is -0.901. The average Bonchev–Trinajstić information content (AvgIpc) is 3.04. The van der Waals surface area contributed by atoms with Gasteiger partial charge in [-0.25, -0.2) is 4.39 Å². The number of benzene rings is 1.